The van der Waals surface area contributed by atoms with Crippen LogP contribution in [0.3, 0.4) is 0 Å². The first kappa shape index (κ1) is 29.1. The van der Waals surface area contributed by atoms with Gasteiger partial charge in [0, 0.05) is 0 Å². The predicted octanol–water partition coefficient (Wildman–Crippen LogP) is 13.7. The van der Waals surface area contributed by atoms with Crippen molar-refractivity contribution in [3.63, 3.8) is 0 Å². The van der Waals surface area contributed by atoms with E-state index in [-0.39, 0.29) is 0 Å². The third kappa shape index (κ3) is 4.98. The Morgan fingerprint density at radius 3 is 1.06 bits per heavy atom. The topological polar surface area (TPSA) is 21.7 Å². The molecule has 0 amide bonds. The molecule has 0 atom stereocenters. The summed E-state index contributed by atoms with van der Waals surface area (Å²) in [6.07, 6.45) is 0. The highest BCUT2D eigenvalue weighted by Gasteiger charge is 2.36. The standard InChI is InChI=1S/C48H31NO2/c1-4-14-32(15-5-1)37-30-46-48-47(31-37)51-45-29-36(41-23-13-11-21-39(41)34-18-8-3-9-19-34)25-27-43(45)49(48)42-26-24-35(28-44(42)50-46)40-22-12-10-20-38(40)33-16-6-2-7-17-33/h1-31H. The van der Waals surface area contributed by atoms with Crippen molar-refractivity contribution in [1.29, 1.82) is 0 Å². The number of hydrogen-bond donors (Lipinski definition) is 0. The highest BCUT2D eigenvalue weighted by Crippen LogP contribution is 2.61. The average molecular weight is 654 g/mol. The van der Waals surface area contributed by atoms with Gasteiger partial charge in [0.2, 0.25) is 0 Å². The predicted molar refractivity (Wildman–Crippen MR) is 208 cm³/mol. The average Bonchev–Trinajstić information content (AvgIpc) is 3.21. The molecule has 0 fully saturated rings. The quantitative estimate of drug-likeness (QED) is 0.184. The van der Waals surface area contributed by atoms with Crippen molar-refractivity contribution < 1.29 is 9.47 Å². The third-order valence-electron chi connectivity index (χ3n) is 9.86. The Labute approximate surface area is 297 Å². The SMILES string of the molecule is c1ccc(-c2cc3c4c(c2)Oc2cc(-c5ccccc5-c5ccccc5)ccc2N4c2ccc(-c4ccccc4-c4ccccc4)cc2O3)cc1. The summed E-state index contributed by atoms with van der Waals surface area (Å²) in [5.74, 6) is 3.11. The molecule has 10 rings (SSSR count). The van der Waals surface area contributed by atoms with Crippen molar-refractivity contribution in [2.45, 2.75) is 0 Å². The highest BCUT2D eigenvalue weighted by molar-refractivity contribution is 5.98. The van der Waals surface area contributed by atoms with Crippen molar-refractivity contribution in [1.82, 2.24) is 0 Å². The zero-order valence-corrected chi connectivity index (χ0v) is 27.7. The highest BCUT2D eigenvalue weighted by atomic mass is 16.5. The van der Waals surface area contributed by atoms with E-state index in [4.69, 9.17) is 9.47 Å². The third-order valence-corrected chi connectivity index (χ3v) is 9.86. The van der Waals surface area contributed by atoms with Crippen LogP contribution in [0.4, 0.5) is 17.1 Å². The van der Waals surface area contributed by atoms with Gasteiger partial charge in [-0.3, -0.25) is 4.90 Å². The number of ether oxygens (including phenoxy) is 2. The lowest BCUT2D eigenvalue weighted by Crippen LogP contribution is -2.20. The molecule has 8 aromatic carbocycles. The Balaban J connectivity index is 1.14. The molecule has 2 aliphatic heterocycles. The largest absolute Gasteiger partial charge is 0.453 e. The zero-order chi connectivity index (χ0) is 33.7. The number of rotatable bonds is 5. The number of anilines is 3. The normalized spacial score (nSPS) is 12.2. The van der Waals surface area contributed by atoms with Gasteiger partial charge in [-0.15, -0.1) is 0 Å². The molecule has 3 heteroatoms. The second-order valence-corrected chi connectivity index (χ2v) is 12.9. The Hall–Kier alpha value is -6.84. The summed E-state index contributed by atoms with van der Waals surface area (Å²) in [4.78, 5) is 2.30. The van der Waals surface area contributed by atoms with Crippen LogP contribution in [-0.2, 0) is 0 Å². The van der Waals surface area contributed by atoms with Crippen molar-refractivity contribution in [2.24, 2.45) is 0 Å². The van der Waals surface area contributed by atoms with Crippen LogP contribution in [-0.4, -0.2) is 0 Å². The number of hydrogen-bond acceptors (Lipinski definition) is 3. The van der Waals surface area contributed by atoms with Gasteiger partial charge in [0.05, 0.1) is 11.4 Å². The minimum Gasteiger partial charge on any atom is -0.453 e. The molecule has 0 radical (unpaired) electrons. The Kier molecular flexibility index (Phi) is 6.81. The molecule has 0 unspecified atom stereocenters. The Morgan fingerprint density at radius 2 is 0.627 bits per heavy atom. The summed E-state index contributed by atoms with van der Waals surface area (Å²) in [7, 11) is 0. The van der Waals surface area contributed by atoms with Crippen molar-refractivity contribution in [3.8, 4) is 78.6 Å². The number of benzene rings is 8. The van der Waals surface area contributed by atoms with Crippen LogP contribution in [0.25, 0.3) is 55.6 Å². The molecule has 3 nitrogen and oxygen atoms in total. The van der Waals surface area contributed by atoms with Gasteiger partial charge in [0.1, 0.15) is 5.69 Å². The van der Waals surface area contributed by atoms with Crippen molar-refractivity contribution in [2.75, 3.05) is 4.90 Å². The second-order valence-electron chi connectivity index (χ2n) is 12.9. The monoisotopic (exact) mass is 653 g/mol. The molecule has 8 aromatic rings. The molecule has 0 aliphatic carbocycles. The van der Waals surface area contributed by atoms with Gasteiger partial charge in [0.25, 0.3) is 0 Å². The maximum atomic E-state index is 6.85. The maximum Gasteiger partial charge on any atom is 0.156 e. The minimum atomic E-state index is 0.761. The van der Waals surface area contributed by atoms with Crippen LogP contribution in [0.2, 0.25) is 0 Å². The van der Waals surface area contributed by atoms with Gasteiger partial charge in [-0.25, -0.2) is 0 Å². The van der Waals surface area contributed by atoms with Gasteiger partial charge in [-0.2, -0.15) is 0 Å². The van der Waals surface area contributed by atoms with Crippen molar-refractivity contribution >= 4 is 17.1 Å². The summed E-state index contributed by atoms with van der Waals surface area (Å²) in [5.41, 5.74) is 14.2. The molecule has 0 N–H and O–H groups in total. The van der Waals surface area contributed by atoms with E-state index >= 15 is 0 Å². The molecule has 0 aromatic heterocycles. The fourth-order valence-electron chi connectivity index (χ4n) is 7.47. The lowest BCUT2D eigenvalue weighted by Gasteiger charge is -2.38. The number of fused-ring (bicyclic) bond motifs is 4. The van der Waals surface area contributed by atoms with E-state index in [0.29, 0.717) is 0 Å². The lowest BCUT2D eigenvalue weighted by molar-refractivity contribution is 0.446. The summed E-state index contributed by atoms with van der Waals surface area (Å²) in [5, 5.41) is 0. The first-order valence-corrected chi connectivity index (χ1v) is 17.3. The number of nitrogens with zero attached hydrogens (tertiary/aromatic N) is 1. The molecular weight excluding hydrogens is 623 g/mol. The molecule has 51 heavy (non-hydrogen) atoms. The molecule has 0 spiro atoms. The van der Waals surface area contributed by atoms with Crippen LogP contribution < -0.4 is 14.4 Å². The molecule has 2 heterocycles. The van der Waals surface area contributed by atoms with E-state index in [1.807, 2.05) is 6.07 Å². The van der Waals surface area contributed by atoms with E-state index in [1.165, 1.54) is 22.3 Å². The fraction of sp³-hybridized carbons (Fsp3) is 0. The van der Waals surface area contributed by atoms with E-state index in [9.17, 15) is 0 Å². The van der Waals surface area contributed by atoms with Crippen LogP contribution in [0.5, 0.6) is 23.0 Å². The van der Waals surface area contributed by atoms with Crippen LogP contribution in [0.15, 0.2) is 188 Å². The smallest absolute Gasteiger partial charge is 0.156 e. The maximum absolute atomic E-state index is 6.85. The molecule has 2 aliphatic rings. The summed E-state index contributed by atoms with van der Waals surface area (Å²) >= 11 is 0. The molecule has 0 bridgehead atoms. The van der Waals surface area contributed by atoms with Gasteiger partial charge in [-0.05, 0) is 92.0 Å². The summed E-state index contributed by atoms with van der Waals surface area (Å²) in [6.45, 7) is 0. The minimum absolute atomic E-state index is 0.761. The van der Waals surface area contributed by atoms with Gasteiger partial charge < -0.3 is 9.47 Å². The van der Waals surface area contributed by atoms with Crippen LogP contribution in [0, 0.1) is 0 Å². The summed E-state index contributed by atoms with van der Waals surface area (Å²) < 4.78 is 13.7. The van der Waals surface area contributed by atoms with E-state index in [2.05, 4.69) is 187 Å². The van der Waals surface area contributed by atoms with Gasteiger partial charge in [-0.1, -0.05) is 152 Å². The van der Waals surface area contributed by atoms with Gasteiger partial charge in [0.15, 0.2) is 23.0 Å². The molecular formula is C48H31NO2. The van der Waals surface area contributed by atoms with Crippen LogP contribution >= 0.6 is 0 Å². The van der Waals surface area contributed by atoms with E-state index < -0.39 is 0 Å². The zero-order valence-electron chi connectivity index (χ0n) is 27.7. The van der Waals surface area contributed by atoms with Crippen LogP contribution in [0.1, 0.15) is 0 Å². The van der Waals surface area contributed by atoms with Crippen molar-refractivity contribution in [3.05, 3.63) is 188 Å². The molecule has 0 saturated heterocycles. The molecule has 0 saturated carbocycles. The Morgan fingerprint density at radius 1 is 0.275 bits per heavy atom. The van der Waals surface area contributed by atoms with E-state index in [0.717, 1.165) is 73.4 Å². The second kappa shape index (κ2) is 11.9. The Bertz CT molecular complexity index is 2420. The summed E-state index contributed by atoms with van der Waals surface area (Å²) in [6, 6.07) is 66.0. The van der Waals surface area contributed by atoms with E-state index in [1.54, 1.807) is 0 Å². The molecule has 240 valence electrons. The van der Waals surface area contributed by atoms with Gasteiger partial charge >= 0.3 is 0 Å². The fourth-order valence-corrected chi connectivity index (χ4v) is 7.47. The first-order chi connectivity index (χ1) is 25.3. The first-order valence-electron chi connectivity index (χ1n) is 17.3. The lowest BCUT2D eigenvalue weighted by atomic mass is 9.93.